The van der Waals surface area contributed by atoms with E-state index < -0.39 is 16.9 Å². The second-order valence-electron chi connectivity index (χ2n) is 5.70. The molecule has 0 aromatic rings. The summed E-state index contributed by atoms with van der Waals surface area (Å²) < 4.78 is 0. The van der Waals surface area contributed by atoms with E-state index in [4.69, 9.17) is 5.11 Å². The lowest BCUT2D eigenvalue weighted by molar-refractivity contribution is -0.150. The lowest BCUT2D eigenvalue weighted by atomic mass is 9.74. The Labute approximate surface area is 114 Å². The molecular formula is C13H26N2O4. The highest BCUT2D eigenvalue weighted by molar-refractivity contribution is 5.79. The number of carbonyl (C=O) groups excluding carboxylic acids is 1. The molecular weight excluding hydrogens is 248 g/mol. The third-order valence-corrected chi connectivity index (χ3v) is 3.67. The summed E-state index contributed by atoms with van der Waals surface area (Å²) in [4.78, 5) is 24.9. The molecule has 2 amide bonds. The van der Waals surface area contributed by atoms with Crippen LogP contribution in [0.4, 0.5) is 4.79 Å². The van der Waals surface area contributed by atoms with Gasteiger partial charge in [0.2, 0.25) is 0 Å². The Morgan fingerprint density at radius 1 is 1.16 bits per heavy atom. The number of carboxylic acids is 1. The molecule has 0 saturated carbocycles. The van der Waals surface area contributed by atoms with Crippen molar-refractivity contribution in [1.82, 2.24) is 10.2 Å². The standard InChI is InChI=1S/C13H26N2O4/c1-6-7-15(8-9-16)11(19)14-13(4,5)12(2,3)10(17)18/h16H,6-9H2,1-5H3,(H,14,19)(H,17,18). The summed E-state index contributed by atoms with van der Waals surface area (Å²) >= 11 is 0. The van der Waals surface area contributed by atoms with Gasteiger partial charge in [-0.25, -0.2) is 4.79 Å². The average Bonchev–Trinajstić information content (AvgIpc) is 2.27. The van der Waals surface area contributed by atoms with E-state index in [0.29, 0.717) is 6.54 Å². The minimum Gasteiger partial charge on any atom is -0.481 e. The Hall–Kier alpha value is -1.30. The predicted molar refractivity (Wildman–Crippen MR) is 73.0 cm³/mol. The molecule has 19 heavy (non-hydrogen) atoms. The third-order valence-electron chi connectivity index (χ3n) is 3.67. The number of aliphatic hydroxyl groups is 1. The van der Waals surface area contributed by atoms with Crippen molar-refractivity contribution in [2.75, 3.05) is 19.7 Å². The summed E-state index contributed by atoms with van der Waals surface area (Å²) in [5.74, 6) is -0.970. The zero-order chi connectivity index (χ0) is 15.3. The summed E-state index contributed by atoms with van der Waals surface area (Å²) in [6.07, 6.45) is 0.774. The monoisotopic (exact) mass is 274 g/mol. The van der Waals surface area contributed by atoms with Gasteiger partial charge in [0.1, 0.15) is 0 Å². The maximum Gasteiger partial charge on any atom is 0.317 e. The van der Waals surface area contributed by atoms with E-state index in [1.165, 1.54) is 4.90 Å². The second-order valence-corrected chi connectivity index (χ2v) is 5.70. The molecule has 0 radical (unpaired) electrons. The van der Waals surface area contributed by atoms with Gasteiger partial charge in [0.25, 0.3) is 0 Å². The molecule has 6 nitrogen and oxygen atoms in total. The van der Waals surface area contributed by atoms with Crippen LogP contribution < -0.4 is 5.32 Å². The number of carboxylic acid groups (broad SMARTS) is 1. The van der Waals surface area contributed by atoms with Gasteiger partial charge in [-0.05, 0) is 34.1 Å². The number of hydrogen-bond donors (Lipinski definition) is 3. The zero-order valence-corrected chi connectivity index (χ0v) is 12.5. The van der Waals surface area contributed by atoms with Crippen LogP contribution in [0.1, 0.15) is 41.0 Å². The van der Waals surface area contributed by atoms with Gasteiger partial charge in [-0.2, -0.15) is 0 Å². The first-order valence-electron chi connectivity index (χ1n) is 6.51. The molecule has 0 aliphatic heterocycles. The molecule has 0 rings (SSSR count). The van der Waals surface area contributed by atoms with Gasteiger partial charge in [0, 0.05) is 13.1 Å². The van der Waals surface area contributed by atoms with Gasteiger partial charge in [0.05, 0.1) is 17.6 Å². The zero-order valence-electron chi connectivity index (χ0n) is 12.5. The van der Waals surface area contributed by atoms with Crippen molar-refractivity contribution in [3.8, 4) is 0 Å². The van der Waals surface area contributed by atoms with E-state index in [-0.39, 0.29) is 19.2 Å². The smallest absolute Gasteiger partial charge is 0.317 e. The quantitative estimate of drug-likeness (QED) is 0.652. The molecule has 112 valence electrons. The lowest BCUT2D eigenvalue weighted by Crippen LogP contribution is -2.59. The molecule has 6 heteroatoms. The average molecular weight is 274 g/mol. The molecule has 0 spiro atoms. The van der Waals surface area contributed by atoms with E-state index in [9.17, 15) is 14.7 Å². The fraction of sp³-hybridized carbons (Fsp3) is 0.846. The van der Waals surface area contributed by atoms with Crippen LogP contribution >= 0.6 is 0 Å². The summed E-state index contributed by atoms with van der Waals surface area (Å²) in [5, 5.41) is 20.9. The van der Waals surface area contributed by atoms with Crippen LogP contribution in [-0.4, -0.2) is 52.3 Å². The van der Waals surface area contributed by atoms with Gasteiger partial charge >= 0.3 is 12.0 Å². The van der Waals surface area contributed by atoms with Crippen molar-refractivity contribution < 1.29 is 19.8 Å². The largest absolute Gasteiger partial charge is 0.481 e. The molecule has 0 aromatic heterocycles. The van der Waals surface area contributed by atoms with E-state index in [1.54, 1.807) is 27.7 Å². The van der Waals surface area contributed by atoms with Crippen molar-refractivity contribution in [3.05, 3.63) is 0 Å². The summed E-state index contributed by atoms with van der Waals surface area (Å²) in [5.41, 5.74) is -2.00. The van der Waals surface area contributed by atoms with Crippen LogP contribution in [0.25, 0.3) is 0 Å². The van der Waals surface area contributed by atoms with Crippen LogP contribution in [0.5, 0.6) is 0 Å². The van der Waals surface area contributed by atoms with Crippen molar-refractivity contribution in [1.29, 1.82) is 0 Å². The molecule has 0 heterocycles. The molecule has 0 atom stereocenters. The number of carbonyl (C=O) groups is 2. The van der Waals surface area contributed by atoms with Crippen molar-refractivity contribution in [2.45, 2.75) is 46.6 Å². The van der Waals surface area contributed by atoms with Gasteiger partial charge in [0.15, 0.2) is 0 Å². The third kappa shape index (κ3) is 4.38. The van der Waals surface area contributed by atoms with Crippen LogP contribution in [-0.2, 0) is 4.79 Å². The van der Waals surface area contributed by atoms with Crippen molar-refractivity contribution >= 4 is 12.0 Å². The fourth-order valence-electron chi connectivity index (χ4n) is 1.48. The molecule has 0 aliphatic rings. The van der Waals surface area contributed by atoms with Crippen LogP contribution in [0.3, 0.4) is 0 Å². The number of nitrogens with zero attached hydrogens (tertiary/aromatic N) is 1. The number of rotatable bonds is 7. The van der Waals surface area contributed by atoms with Gasteiger partial charge in [-0.15, -0.1) is 0 Å². The number of nitrogens with one attached hydrogen (secondary N) is 1. The summed E-state index contributed by atoms with van der Waals surface area (Å²) in [7, 11) is 0. The topological polar surface area (TPSA) is 89.9 Å². The van der Waals surface area contributed by atoms with E-state index >= 15 is 0 Å². The number of urea groups is 1. The molecule has 0 unspecified atom stereocenters. The molecule has 0 aliphatic carbocycles. The highest BCUT2D eigenvalue weighted by atomic mass is 16.4. The molecule has 0 saturated heterocycles. The fourth-order valence-corrected chi connectivity index (χ4v) is 1.48. The summed E-state index contributed by atoms with van der Waals surface area (Å²) in [6, 6.07) is -0.352. The summed E-state index contributed by atoms with van der Waals surface area (Å²) in [6.45, 7) is 9.10. The van der Waals surface area contributed by atoms with E-state index in [0.717, 1.165) is 6.42 Å². The lowest BCUT2D eigenvalue weighted by Gasteiger charge is -2.40. The first kappa shape index (κ1) is 17.7. The first-order chi connectivity index (χ1) is 8.60. The molecule has 0 bridgehead atoms. The van der Waals surface area contributed by atoms with Gasteiger partial charge in [-0.1, -0.05) is 6.92 Å². The van der Waals surface area contributed by atoms with Crippen molar-refractivity contribution in [3.63, 3.8) is 0 Å². The van der Waals surface area contributed by atoms with E-state index in [1.807, 2.05) is 6.92 Å². The number of aliphatic hydroxyl groups excluding tert-OH is 1. The Morgan fingerprint density at radius 2 is 1.68 bits per heavy atom. The highest BCUT2D eigenvalue weighted by Crippen LogP contribution is 2.30. The molecule has 0 aromatic carbocycles. The SMILES string of the molecule is CCCN(CCO)C(=O)NC(C)(C)C(C)(C)C(=O)O. The maximum absolute atomic E-state index is 12.1. The highest BCUT2D eigenvalue weighted by Gasteiger charge is 2.44. The number of hydrogen-bond acceptors (Lipinski definition) is 3. The minimum absolute atomic E-state index is 0.115. The van der Waals surface area contributed by atoms with Gasteiger partial charge in [-0.3, -0.25) is 4.79 Å². The minimum atomic E-state index is -1.10. The predicted octanol–water partition coefficient (Wildman–Crippen LogP) is 1.29. The Morgan fingerprint density at radius 3 is 2.05 bits per heavy atom. The van der Waals surface area contributed by atoms with Crippen LogP contribution in [0, 0.1) is 5.41 Å². The van der Waals surface area contributed by atoms with E-state index in [2.05, 4.69) is 5.32 Å². The maximum atomic E-state index is 12.1. The molecule has 3 N–H and O–H groups in total. The molecule has 0 fully saturated rings. The van der Waals surface area contributed by atoms with Gasteiger partial charge < -0.3 is 20.4 Å². The first-order valence-corrected chi connectivity index (χ1v) is 6.51. The van der Waals surface area contributed by atoms with Crippen LogP contribution in [0.15, 0.2) is 0 Å². The number of amides is 2. The normalized spacial score (nSPS) is 12.1. The Balaban J connectivity index is 4.90. The van der Waals surface area contributed by atoms with Crippen LogP contribution in [0.2, 0.25) is 0 Å². The van der Waals surface area contributed by atoms with Crippen molar-refractivity contribution in [2.24, 2.45) is 5.41 Å². The second kappa shape index (κ2) is 6.75. The Kier molecular flexibility index (Phi) is 6.29. The Bertz CT molecular complexity index is 321. The number of aliphatic carboxylic acids is 1.